The van der Waals surface area contributed by atoms with Crippen LogP contribution in [0.2, 0.25) is 0 Å². The summed E-state index contributed by atoms with van der Waals surface area (Å²) < 4.78 is 23.3. The van der Waals surface area contributed by atoms with Crippen LogP contribution >= 0.6 is 0 Å². The molecule has 0 saturated carbocycles. The number of rotatable bonds is 3. The third kappa shape index (κ3) is 2.48. The summed E-state index contributed by atoms with van der Waals surface area (Å²) in [4.78, 5) is 3.44. The summed E-state index contributed by atoms with van der Waals surface area (Å²) in [6, 6.07) is 9.90. The number of halogens is 1. The molecular formula is C12H10FNO2. The first-order valence-electron chi connectivity index (χ1n) is 4.71. The summed E-state index contributed by atoms with van der Waals surface area (Å²) in [5.41, 5.74) is 0. The van der Waals surface area contributed by atoms with Crippen LogP contribution in [0.25, 0.3) is 0 Å². The van der Waals surface area contributed by atoms with Crippen molar-refractivity contribution in [3.63, 3.8) is 0 Å². The Morgan fingerprint density at radius 3 is 2.56 bits per heavy atom. The molecule has 82 valence electrons. The van der Waals surface area contributed by atoms with E-state index >= 15 is 0 Å². The molecule has 3 nitrogen and oxygen atoms in total. The highest BCUT2D eigenvalue weighted by atomic mass is 19.1. The van der Waals surface area contributed by atoms with Crippen LogP contribution in [0.15, 0.2) is 42.6 Å². The second-order valence-electron chi connectivity index (χ2n) is 3.10. The van der Waals surface area contributed by atoms with Crippen LogP contribution < -0.4 is 9.47 Å². The van der Waals surface area contributed by atoms with Gasteiger partial charge in [0, 0.05) is 18.3 Å². The highest BCUT2D eigenvalue weighted by Gasteiger charge is 2.00. The molecule has 0 N–H and O–H groups in total. The normalized spacial score (nSPS) is 9.88. The molecule has 0 aliphatic heterocycles. The Balaban J connectivity index is 2.20. The smallest absolute Gasteiger partial charge is 0.216 e. The number of pyridine rings is 1. The summed E-state index contributed by atoms with van der Waals surface area (Å²) >= 11 is 0. The zero-order chi connectivity index (χ0) is 11.4. The molecule has 4 heteroatoms. The quantitative estimate of drug-likeness (QED) is 0.743. The van der Waals surface area contributed by atoms with Crippen molar-refractivity contribution in [2.75, 3.05) is 7.11 Å². The van der Waals surface area contributed by atoms with E-state index in [4.69, 9.17) is 9.47 Å². The molecule has 1 aromatic heterocycles. The molecule has 16 heavy (non-hydrogen) atoms. The van der Waals surface area contributed by atoms with E-state index in [0.717, 1.165) is 0 Å². The van der Waals surface area contributed by atoms with Gasteiger partial charge in [0.05, 0.1) is 7.11 Å². The molecule has 0 saturated heterocycles. The lowest BCUT2D eigenvalue weighted by Crippen LogP contribution is -1.88. The molecule has 2 rings (SSSR count). The summed E-state index contributed by atoms with van der Waals surface area (Å²) in [6.45, 7) is 0. The Bertz CT molecular complexity index is 488. The third-order valence-corrected chi connectivity index (χ3v) is 1.97. The maximum absolute atomic E-state index is 12.8. The van der Waals surface area contributed by atoms with E-state index in [-0.39, 0.29) is 0 Å². The van der Waals surface area contributed by atoms with Gasteiger partial charge in [-0.2, -0.15) is 4.39 Å². The van der Waals surface area contributed by atoms with E-state index in [2.05, 4.69) is 4.98 Å². The number of hydrogen-bond acceptors (Lipinski definition) is 3. The Labute approximate surface area is 92.5 Å². The van der Waals surface area contributed by atoms with Gasteiger partial charge in [0.2, 0.25) is 5.95 Å². The van der Waals surface area contributed by atoms with Crippen molar-refractivity contribution in [1.82, 2.24) is 4.98 Å². The van der Waals surface area contributed by atoms with Gasteiger partial charge < -0.3 is 9.47 Å². The summed E-state index contributed by atoms with van der Waals surface area (Å²) in [6.07, 6.45) is 1.35. The molecule has 0 aliphatic carbocycles. The predicted molar refractivity (Wildman–Crippen MR) is 57.3 cm³/mol. The molecule has 0 atom stereocenters. The van der Waals surface area contributed by atoms with Crippen LogP contribution in [0, 0.1) is 5.95 Å². The van der Waals surface area contributed by atoms with Crippen LogP contribution in [-0.2, 0) is 0 Å². The fraction of sp³-hybridized carbons (Fsp3) is 0.0833. The second-order valence-corrected chi connectivity index (χ2v) is 3.10. The van der Waals surface area contributed by atoms with Crippen LogP contribution in [0.4, 0.5) is 4.39 Å². The third-order valence-electron chi connectivity index (χ3n) is 1.97. The van der Waals surface area contributed by atoms with Gasteiger partial charge in [0.1, 0.15) is 17.2 Å². The highest BCUT2D eigenvalue weighted by Crippen LogP contribution is 2.24. The fourth-order valence-electron chi connectivity index (χ4n) is 1.25. The lowest BCUT2D eigenvalue weighted by Gasteiger charge is -2.06. The predicted octanol–water partition coefficient (Wildman–Crippen LogP) is 3.02. The maximum atomic E-state index is 12.8. The first-order valence-corrected chi connectivity index (χ1v) is 4.71. The van der Waals surface area contributed by atoms with Crippen LogP contribution in [0.5, 0.6) is 17.2 Å². The maximum Gasteiger partial charge on any atom is 0.216 e. The molecule has 1 aromatic carbocycles. The number of methoxy groups -OCH3 is 1. The van der Waals surface area contributed by atoms with E-state index in [1.54, 1.807) is 37.4 Å². The summed E-state index contributed by atoms with van der Waals surface area (Å²) in [5.74, 6) is 1.11. The van der Waals surface area contributed by atoms with Crippen molar-refractivity contribution in [2.24, 2.45) is 0 Å². The minimum Gasteiger partial charge on any atom is -0.497 e. The number of nitrogens with zero attached hydrogens (tertiary/aromatic N) is 1. The highest BCUT2D eigenvalue weighted by molar-refractivity contribution is 5.36. The van der Waals surface area contributed by atoms with Gasteiger partial charge in [0.25, 0.3) is 0 Å². The standard InChI is InChI=1S/C12H10FNO2/c1-15-9-3-2-4-10(7-9)16-11-5-6-14-12(13)8-11/h2-8H,1H3. The van der Waals surface area contributed by atoms with Gasteiger partial charge in [-0.05, 0) is 18.2 Å². The van der Waals surface area contributed by atoms with E-state index in [0.29, 0.717) is 17.2 Å². The molecule has 1 heterocycles. The molecule has 0 aliphatic rings. The second kappa shape index (κ2) is 4.61. The van der Waals surface area contributed by atoms with Crippen molar-refractivity contribution in [2.45, 2.75) is 0 Å². The lowest BCUT2D eigenvalue weighted by molar-refractivity contribution is 0.408. The minimum absolute atomic E-state index is 0.403. The Hall–Kier alpha value is -2.10. The van der Waals surface area contributed by atoms with Crippen molar-refractivity contribution >= 4 is 0 Å². The zero-order valence-corrected chi connectivity index (χ0v) is 8.68. The Morgan fingerprint density at radius 1 is 1.06 bits per heavy atom. The lowest BCUT2D eigenvalue weighted by atomic mass is 10.3. The minimum atomic E-state index is -0.569. The zero-order valence-electron chi connectivity index (χ0n) is 8.68. The summed E-state index contributed by atoms with van der Waals surface area (Å²) in [5, 5.41) is 0. The summed E-state index contributed by atoms with van der Waals surface area (Å²) in [7, 11) is 1.57. The van der Waals surface area contributed by atoms with Gasteiger partial charge in [-0.3, -0.25) is 0 Å². The van der Waals surface area contributed by atoms with Gasteiger partial charge in [-0.15, -0.1) is 0 Å². The van der Waals surface area contributed by atoms with Crippen molar-refractivity contribution in [3.05, 3.63) is 48.5 Å². The van der Waals surface area contributed by atoms with Gasteiger partial charge in [-0.1, -0.05) is 6.07 Å². The number of hydrogen-bond donors (Lipinski definition) is 0. The topological polar surface area (TPSA) is 31.4 Å². The van der Waals surface area contributed by atoms with E-state index < -0.39 is 5.95 Å². The molecule has 0 unspecified atom stereocenters. The van der Waals surface area contributed by atoms with E-state index in [9.17, 15) is 4.39 Å². The average molecular weight is 219 g/mol. The molecule has 0 fully saturated rings. The first-order chi connectivity index (χ1) is 7.78. The van der Waals surface area contributed by atoms with Crippen molar-refractivity contribution < 1.29 is 13.9 Å². The molecule has 0 radical (unpaired) electrons. The number of aromatic nitrogens is 1. The Kier molecular flexibility index (Phi) is 3.00. The molecule has 0 amide bonds. The SMILES string of the molecule is COc1cccc(Oc2ccnc(F)c2)c1. The van der Waals surface area contributed by atoms with Gasteiger partial charge >= 0.3 is 0 Å². The van der Waals surface area contributed by atoms with Gasteiger partial charge in [-0.25, -0.2) is 4.98 Å². The number of ether oxygens (including phenoxy) is 2. The number of benzene rings is 1. The van der Waals surface area contributed by atoms with Crippen molar-refractivity contribution in [3.8, 4) is 17.2 Å². The Morgan fingerprint density at radius 2 is 1.81 bits per heavy atom. The van der Waals surface area contributed by atoms with Crippen LogP contribution in [0.3, 0.4) is 0 Å². The molecule has 0 bridgehead atoms. The van der Waals surface area contributed by atoms with Crippen molar-refractivity contribution in [1.29, 1.82) is 0 Å². The largest absolute Gasteiger partial charge is 0.497 e. The van der Waals surface area contributed by atoms with Gasteiger partial charge in [0.15, 0.2) is 0 Å². The van der Waals surface area contributed by atoms with E-state index in [1.807, 2.05) is 0 Å². The van der Waals surface area contributed by atoms with E-state index in [1.165, 1.54) is 12.3 Å². The van der Waals surface area contributed by atoms with Crippen LogP contribution in [0.1, 0.15) is 0 Å². The van der Waals surface area contributed by atoms with Crippen LogP contribution in [-0.4, -0.2) is 12.1 Å². The molecule has 0 spiro atoms. The monoisotopic (exact) mass is 219 g/mol. The fourth-order valence-corrected chi connectivity index (χ4v) is 1.25. The molecule has 2 aromatic rings. The first kappa shape index (κ1) is 10.4. The molecular weight excluding hydrogens is 209 g/mol. The average Bonchev–Trinajstić information content (AvgIpc) is 2.29.